The molecule has 0 saturated carbocycles. The van der Waals surface area contributed by atoms with Gasteiger partial charge in [-0.1, -0.05) is 20.8 Å². The first-order chi connectivity index (χ1) is 13.7. The Balaban J connectivity index is 2.09. The molecule has 1 fully saturated rings. The number of carbonyl (C=O) groups excluding carboxylic acids is 2. The molecule has 1 aliphatic heterocycles. The summed E-state index contributed by atoms with van der Waals surface area (Å²) in [7, 11) is 0. The van der Waals surface area contributed by atoms with Crippen LogP contribution in [0.4, 0.5) is 5.95 Å². The predicted molar refractivity (Wildman–Crippen MR) is 102 cm³/mol. The number of ether oxygens (including phenoxy) is 3. The number of hydrogen-bond donors (Lipinski definition) is 1. The Bertz CT molecular complexity index is 981. The summed E-state index contributed by atoms with van der Waals surface area (Å²) >= 11 is 0. The van der Waals surface area contributed by atoms with Gasteiger partial charge in [0.2, 0.25) is 12.2 Å². The zero-order valence-corrected chi connectivity index (χ0v) is 16.8. The van der Waals surface area contributed by atoms with E-state index in [4.69, 9.17) is 19.9 Å². The van der Waals surface area contributed by atoms with Gasteiger partial charge < -0.3 is 19.9 Å². The number of imidazole rings is 1. The number of nitrogens with zero attached hydrogens (tertiary/aromatic N) is 4. The number of nitrogen functional groups attached to an aromatic ring is 1. The van der Waals surface area contributed by atoms with Crippen molar-refractivity contribution in [1.29, 1.82) is 0 Å². The van der Waals surface area contributed by atoms with Gasteiger partial charge in [0.1, 0.15) is 5.52 Å². The fourth-order valence-corrected chi connectivity index (χ4v) is 3.30. The van der Waals surface area contributed by atoms with Gasteiger partial charge in [-0.05, 0) is 5.92 Å². The molecular weight excluding hydrogens is 382 g/mol. The van der Waals surface area contributed by atoms with Gasteiger partial charge in [-0.2, -0.15) is 4.98 Å². The second kappa shape index (κ2) is 8.19. The molecule has 3 heterocycles. The Morgan fingerprint density at radius 3 is 2.72 bits per heavy atom. The van der Waals surface area contributed by atoms with Crippen LogP contribution in [-0.2, 0) is 30.3 Å². The standard InChI is InChI=1S/C18H25N5O6/c1-5-13(25)28-14-6-12(27-10(4)24)16(29-14)23-15-11(7-20-17(19)21-15)22(18(23)26)8-9(2)3/h7,9,12,14,16H,5-6,8H2,1-4H3,(H2,19,20,21)/t12-,14-,16-/m1/s1. The van der Waals surface area contributed by atoms with Crippen molar-refractivity contribution in [3.63, 3.8) is 0 Å². The maximum Gasteiger partial charge on any atom is 0.332 e. The number of fused-ring (bicyclic) bond motifs is 1. The molecular formula is C18H25N5O6. The number of carbonyl (C=O) groups is 2. The smallest absolute Gasteiger partial charge is 0.332 e. The van der Waals surface area contributed by atoms with Crippen LogP contribution in [0, 0.1) is 5.92 Å². The molecule has 0 spiro atoms. The molecule has 11 nitrogen and oxygen atoms in total. The molecule has 0 radical (unpaired) electrons. The number of nitrogens with two attached hydrogens (primary N) is 1. The van der Waals surface area contributed by atoms with Crippen molar-refractivity contribution in [3.05, 3.63) is 16.7 Å². The summed E-state index contributed by atoms with van der Waals surface area (Å²) in [5.74, 6) is -0.835. The highest BCUT2D eigenvalue weighted by Gasteiger charge is 2.43. The number of anilines is 1. The molecule has 158 valence electrons. The molecule has 3 atom stereocenters. The monoisotopic (exact) mass is 407 g/mol. The van der Waals surface area contributed by atoms with E-state index in [-0.39, 0.29) is 30.4 Å². The van der Waals surface area contributed by atoms with Gasteiger partial charge in [0.05, 0.1) is 12.6 Å². The van der Waals surface area contributed by atoms with E-state index in [1.165, 1.54) is 22.3 Å². The van der Waals surface area contributed by atoms with Gasteiger partial charge in [-0.25, -0.2) is 14.3 Å². The van der Waals surface area contributed by atoms with Crippen molar-refractivity contribution in [3.8, 4) is 0 Å². The quantitative estimate of drug-likeness (QED) is 0.693. The van der Waals surface area contributed by atoms with Crippen molar-refractivity contribution in [1.82, 2.24) is 19.1 Å². The first kappa shape index (κ1) is 20.8. The van der Waals surface area contributed by atoms with Gasteiger partial charge in [0.25, 0.3) is 0 Å². The average molecular weight is 407 g/mol. The summed E-state index contributed by atoms with van der Waals surface area (Å²) in [4.78, 5) is 44.7. The first-order valence-corrected chi connectivity index (χ1v) is 9.46. The Kier molecular flexibility index (Phi) is 5.87. The third-order valence-electron chi connectivity index (χ3n) is 4.43. The number of rotatable bonds is 6. The third-order valence-corrected chi connectivity index (χ3v) is 4.43. The highest BCUT2D eigenvalue weighted by molar-refractivity contribution is 5.72. The van der Waals surface area contributed by atoms with E-state index in [9.17, 15) is 14.4 Å². The van der Waals surface area contributed by atoms with E-state index in [2.05, 4.69) is 9.97 Å². The second-order valence-corrected chi connectivity index (χ2v) is 7.28. The SMILES string of the molecule is CCC(=O)O[C@H]1C[C@@H](OC(C)=O)[C@H](n2c(=O)n(CC(C)C)c3cnc(N)nc32)O1. The van der Waals surface area contributed by atoms with Crippen LogP contribution in [0.25, 0.3) is 11.2 Å². The lowest BCUT2D eigenvalue weighted by Crippen LogP contribution is -2.34. The van der Waals surface area contributed by atoms with Crippen LogP contribution in [0.15, 0.2) is 11.0 Å². The van der Waals surface area contributed by atoms with Gasteiger partial charge in [-0.15, -0.1) is 0 Å². The minimum atomic E-state index is -1.02. The highest BCUT2D eigenvalue weighted by Crippen LogP contribution is 2.33. The molecule has 3 rings (SSSR count). The Morgan fingerprint density at radius 2 is 2.10 bits per heavy atom. The average Bonchev–Trinajstić information content (AvgIpc) is 3.12. The van der Waals surface area contributed by atoms with Crippen LogP contribution < -0.4 is 11.4 Å². The minimum Gasteiger partial charge on any atom is -0.457 e. The van der Waals surface area contributed by atoms with Crippen molar-refractivity contribution in [2.45, 2.75) is 65.7 Å². The molecule has 0 aromatic carbocycles. The van der Waals surface area contributed by atoms with E-state index in [0.717, 1.165) is 0 Å². The molecule has 1 aliphatic rings. The van der Waals surface area contributed by atoms with E-state index in [1.807, 2.05) is 13.8 Å². The summed E-state index contributed by atoms with van der Waals surface area (Å²) in [6.45, 7) is 7.29. The number of hydrogen-bond acceptors (Lipinski definition) is 9. The van der Waals surface area contributed by atoms with Crippen molar-refractivity contribution in [2.75, 3.05) is 5.73 Å². The number of aromatic nitrogens is 4. The number of esters is 2. The summed E-state index contributed by atoms with van der Waals surface area (Å²) in [5, 5.41) is 0. The minimum absolute atomic E-state index is 0.0102. The topological polar surface area (TPSA) is 141 Å². The summed E-state index contributed by atoms with van der Waals surface area (Å²) in [6.07, 6.45) is -1.07. The molecule has 0 unspecified atom stereocenters. The largest absolute Gasteiger partial charge is 0.457 e. The maximum atomic E-state index is 13.2. The van der Waals surface area contributed by atoms with Crippen molar-refractivity contribution < 1.29 is 23.8 Å². The Morgan fingerprint density at radius 1 is 1.38 bits per heavy atom. The molecule has 0 amide bonds. The van der Waals surface area contributed by atoms with Gasteiger partial charge in [0.15, 0.2) is 18.0 Å². The summed E-state index contributed by atoms with van der Waals surface area (Å²) in [5.41, 5.74) is 6.07. The van der Waals surface area contributed by atoms with Gasteiger partial charge >= 0.3 is 17.6 Å². The lowest BCUT2D eigenvalue weighted by atomic mass is 10.2. The van der Waals surface area contributed by atoms with Gasteiger partial charge in [0, 0.05) is 19.9 Å². The summed E-state index contributed by atoms with van der Waals surface area (Å²) < 4.78 is 19.2. The fourth-order valence-electron chi connectivity index (χ4n) is 3.30. The second-order valence-electron chi connectivity index (χ2n) is 7.28. The first-order valence-electron chi connectivity index (χ1n) is 9.46. The lowest BCUT2D eigenvalue weighted by molar-refractivity contribution is -0.183. The van der Waals surface area contributed by atoms with Crippen LogP contribution in [0.5, 0.6) is 0 Å². The predicted octanol–water partition coefficient (Wildman–Crippen LogP) is 0.961. The van der Waals surface area contributed by atoms with E-state index >= 15 is 0 Å². The zero-order valence-electron chi connectivity index (χ0n) is 16.8. The molecule has 2 aromatic heterocycles. The van der Waals surface area contributed by atoms with Crippen molar-refractivity contribution >= 4 is 29.1 Å². The molecule has 1 saturated heterocycles. The van der Waals surface area contributed by atoms with Gasteiger partial charge in [-0.3, -0.25) is 14.2 Å². The van der Waals surface area contributed by atoms with E-state index in [0.29, 0.717) is 12.1 Å². The maximum absolute atomic E-state index is 13.2. The Labute approximate surface area is 166 Å². The summed E-state index contributed by atoms with van der Waals surface area (Å²) in [6, 6.07) is 0. The van der Waals surface area contributed by atoms with Crippen LogP contribution in [0.3, 0.4) is 0 Å². The van der Waals surface area contributed by atoms with E-state index < -0.39 is 36.3 Å². The molecule has 0 bridgehead atoms. The third kappa shape index (κ3) is 4.24. The lowest BCUT2D eigenvalue weighted by Gasteiger charge is -2.19. The molecule has 0 aliphatic carbocycles. The molecule has 11 heteroatoms. The van der Waals surface area contributed by atoms with Crippen LogP contribution in [0.1, 0.15) is 46.8 Å². The molecule has 2 N–H and O–H groups in total. The zero-order chi connectivity index (χ0) is 21.3. The van der Waals surface area contributed by atoms with Crippen LogP contribution >= 0.6 is 0 Å². The van der Waals surface area contributed by atoms with Crippen LogP contribution in [0.2, 0.25) is 0 Å². The fraction of sp³-hybridized carbons (Fsp3) is 0.611. The Hall–Kier alpha value is -2.95. The van der Waals surface area contributed by atoms with E-state index in [1.54, 1.807) is 6.92 Å². The molecule has 29 heavy (non-hydrogen) atoms. The highest BCUT2D eigenvalue weighted by atomic mass is 16.7. The van der Waals surface area contributed by atoms with Crippen LogP contribution in [-0.4, -0.2) is 43.4 Å². The van der Waals surface area contributed by atoms with Crippen molar-refractivity contribution in [2.24, 2.45) is 5.92 Å². The molecule has 2 aromatic rings. The normalized spacial score (nSPS) is 21.6.